The number of imidazole rings is 1. The van der Waals surface area contributed by atoms with Gasteiger partial charge in [0.15, 0.2) is 0 Å². The van der Waals surface area contributed by atoms with Crippen molar-refractivity contribution in [2.45, 2.75) is 20.3 Å². The van der Waals surface area contributed by atoms with Crippen molar-refractivity contribution >= 4 is 16.7 Å². The summed E-state index contributed by atoms with van der Waals surface area (Å²) in [6, 6.07) is 12.3. The molecule has 0 bridgehead atoms. The highest BCUT2D eigenvalue weighted by Gasteiger charge is 2.06. The fourth-order valence-electron chi connectivity index (χ4n) is 2.39. The maximum absolute atomic E-state index is 5.78. The van der Waals surface area contributed by atoms with E-state index >= 15 is 0 Å². The molecule has 0 unspecified atom stereocenters. The molecule has 3 heteroatoms. The lowest BCUT2D eigenvalue weighted by molar-refractivity contribution is 1.02. The van der Waals surface area contributed by atoms with Gasteiger partial charge in [-0.15, -0.1) is 0 Å². The number of H-pyrrole nitrogens is 1. The predicted octanol–water partition coefficient (Wildman–Crippen LogP) is 3.35. The maximum atomic E-state index is 5.78. The van der Waals surface area contributed by atoms with Crippen molar-refractivity contribution in [1.82, 2.24) is 9.97 Å². The number of aromatic nitrogens is 2. The highest BCUT2D eigenvalue weighted by molar-refractivity contribution is 5.78. The fraction of sp³-hybridized carbons (Fsp3) is 0.188. The molecule has 0 saturated carbocycles. The van der Waals surface area contributed by atoms with E-state index in [1.165, 1.54) is 16.7 Å². The summed E-state index contributed by atoms with van der Waals surface area (Å²) in [5, 5.41) is 0. The van der Waals surface area contributed by atoms with Crippen molar-refractivity contribution < 1.29 is 0 Å². The van der Waals surface area contributed by atoms with Crippen molar-refractivity contribution in [2.75, 3.05) is 5.73 Å². The molecular formula is C16H17N3. The summed E-state index contributed by atoms with van der Waals surface area (Å²) in [7, 11) is 0. The topological polar surface area (TPSA) is 54.7 Å². The van der Waals surface area contributed by atoms with Gasteiger partial charge in [-0.25, -0.2) is 4.98 Å². The van der Waals surface area contributed by atoms with E-state index in [4.69, 9.17) is 5.73 Å². The van der Waals surface area contributed by atoms with Crippen LogP contribution in [0.25, 0.3) is 11.0 Å². The van der Waals surface area contributed by atoms with E-state index in [1.54, 1.807) is 0 Å². The summed E-state index contributed by atoms with van der Waals surface area (Å²) >= 11 is 0. The van der Waals surface area contributed by atoms with Crippen LogP contribution in [0.2, 0.25) is 0 Å². The first-order valence-electron chi connectivity index (χ1n) is 6.42. The number of nitrogens with one attached hydrogen (secondary N) is 1. The zero-order valence-electron chi connectivity index (χ0n) is 11.2. The standard InChI is InChI=1S/C16H17N3/c1-10-3-4-12(11(2)7-10)8-16-18-14-6-5-13(17)9-15(14)19-16/h3-7,9H,8,17H2,1-2H3,(H,18,19). The minimum atomic E-state index is 0.759. The predicted molar refractivity (Wildman–Crippen MR) is 79.2 cm³/mol. The molecule has 3 nitrogen and oxygen atoms in total. The number of fused-ring (bicyclic) bond motifs is 1. The van der Waals surface area contributed by atoms with Crippen LogP contribution >= 0.6 is 0 Å². The van der Waals surface area contributed by atoms with Crippen molar-refractivity contribution in [1.29, 1.82) is 0 Å². The first-order valence-corrected chi connectivity index (χ1v) is 6.42. The average molecular weight is 251 g/mol. The molecule has 0 atom stereocenters. The summed E-state index contributed by atoms with van der Waals surface area (Å²) < 4.78 is 0. The van der Waals surface area contributed by atoms with Gasteiger partial charge in [0.1, 0.15) is 5.82 Å². The van der Waals surface area contributed by atoms with E-state index in [0.717, 1.165) is 29.0 Å². The number of anilines is 1. The number of aryl methyl sites for hydroxylation is 2. The molecular weight excluding hydrogens is 234 g/mol. The number of aromatic amines is 1. The summed E-state index contributed by atoms with van der Waals surface area (Å²) in [6.45, 7) is 4.25. The normalized spacial score (nSPS) is 11.1. The molecule has 0 fully saturated rings. The second-order valence-corrected chi connectivity index (χ2v) is 5.07. The smallest absolute Gasteiger partial charge is 0.111 e. The third-order valence-corrected chi connectivity index (χ3v) is 3.41. The van der Waals surface area contributed by atoms with E-state index < -0.39 is 0 Å². The monoisotopic (exact) mass is 251 g/mol. The number of nitrogens with two attached hydrogens (primary N) is 1. The van der Waals surface area contributed by atoms with Crippen LogP contribution in [-0.4, -0.2) is 9.97 Å². The number of hydrogen-bond acceptors (Lipinski definition) is 2. The Balaban J connectivity index is 1.96. The molecule has 3 aromatic rings. The molecule has 2 aromatic carbocycles. The Morgan fingerprint density at radius 1 is 1.11 bits per heavy atom. The molecule has 1 aromatic heterocycles. The van der Waals surface area contributed by atoms with Crippen molar-refractivity contribution in [3.8, 4) is 0 Å². The van der Waals surface area contributed by atoms with Gasteiger partial charge in [0.2, 0.25) is 0 Å². The number of rotatable bonds is 2. The Morgan fingerprint density at radius 3 is 2.74 bits per heavy atom. The van der Waals surface area contributed by atoms with E-state index in [0.29, 0.717) is 0 Å². The average Bonchev–Trinajstić information content (AvgIpc) is 2.74. The SMILES string of the molecule is Cc1ccc(Cc2nc3ccc(N)cc3[nH]2)c(C)c1. The second kappa shape index (κ2) is 4.43. The van der Waals surface area contributed by atoms with Gasteiger partial charge in [-0.1, -0.05) is 23.8 Å². The third kappa shape index (κ3) is 2.32. The van der Waals surface area contributed by atoms with Gasteiger partial charge in [0, 0.05) is 12.1 Å². The first kappa shape index (κ1) is 11.8. The summed E-state index contributed by atoms with van der Waals surface area (Å²) in [4.78, 5) is 7.94. The van der Waals surface area contributed by atoms with Gasteiger partial charge in [0.05, 0.1) is 11.0 Å². The lowest BCUT2D eigenvalue weighted by atomic mass is 10.0. The Bertz CT molecular complexity index is 741. The minimum absolute atomic E-state index is 0.759. The Hall–Kier alpha value is -2.29. The number of nitrogens with zero attached hydrogens (tertiary/aromatic N) is 1. The van der Waals surface area contributed by atoms with Crippen LogP contribution in [0.15, 0.2) is 36.4 Å². The minimum Gasteiger partial charge on any atom is -0.399 e. The van der Waals surface area contributed by atoms with Gasteiger partial charge < -0.3 is 10.7 Å². The van der Waals surface area contributed by atoms with Gasteiger partial charge in [-0.2, -0.15) is 0 Å². The van der Waals surface area contributed by atoms with Crippen molar-refractivity contribution in [2.24, 2.45) is 0 Å². The fourth-order valence-corrected chi connectivity index (χ4v) is 2.39. The quantitative estimate of drug-likeness (QED) is 0.686. The Labute approximate surface area is 112 Å². The molecule has 0 aliphatic heterocycles. The van der Waals surface area contributed by atoms with Crippen LogP contribution < -0.4 is 5.73 Å². The Morgan fingerprint density at radius 2 is 1.95 bits per heavy atom. The van der Waals surface area contributed by atoms with Crippen molar-refractivity contribution in [3.05, 3.63) is 58.9 Å². The number of benzene rings is 2. The van der Waals surface area contributed by atoms with Gasteiger partial charge in [0.25, 0.3) is 0 Å². The van der Waals surface area contributed by atoms with Crippen molar-refractivity contribution in [3.63, 3.8) is 0 Å². The molecule has 0 aliphatic rings. The van der Waals surface area contributed by atoms with E-state index in [1.807, 2.05) is 18.2 Å². The molecule has 96 valence electrons. The van der Waals surface area contributed by atoms with Crippen LogP contribution in [0, 0.1) is 13.8 Å². The second-order valence-electron chi connectivity index (χ2n) is 5.07. The first-order chi connectivity index (χ1) is 9.11. The highest BCUT2D eigenvalue weighted by Crippen LogP contribution is 2.18. The molecule has 0 amide bonds. The summed E-state index contributed by atoms with van der Waals surface area (Å²) in [6.07, 6.45) is 0.820. The molecule has 0 saturated heterocycles. The van der Waals surface area contributed by atoms with Gasteiger partial charge in [-0.3, -0.25) is 0 Å². The highest BCUT2D eigenvalue weighted by atomic mass is 14.9. The summed E-state index contributed by atoms with van der Waals surface area (Å²) in [5.41, 5.74) is 12.4. The van der Waals surface area contributed by atoms with E-state index in [-0.39, 0.29) is 0 Å². The number of hydrogen-bond donors (Lipinski definition) is 2. The molecule has 3 N–H and O–H groups in total. The van der Waals surface area contributed by atoms with Crippen LogP contribution in [0.4, 0.5) is 5.69 Å². The maximum Gasteiger partial charge on any atom is 0.111 e. The van der Waals surface area contributed by atoms with Crippen LogP contribution in [0.3, 0.4) is 0 Å². The van der Waals surface area contributed by atoms with Crippen LogP contribution in [0.1, 0.15) is 22.5 Å². The van der Waals surface area contributed by atoms with E-state index in [9.17, 15) is 0 Å². The van der Waals surface area contributed by atoms with E-state index in [2.05, 4.69) is 42.0 Å². The zero-order chi connectivity index (χ0) is 13.4. The summed E-state index contributed by atoms with van der Waals surface area (Å²) in [5.74, 6) is 0.979. The molecule has 1 heterocycles. The lowest BCUT2D eigenvalue weighted by Crippen LogP contribution is -1.94. The number of nitrogen functional groups attached to an aromatic ring is 1. The Kier molecular flexibility index (Phi) is 2.75. The zero-order valence-corrected chi connectivity index (χ0v) is 11.2. The van der Waals surface area contributed by atoms with Gasteiger partial charge in [-0.05, 0) is 43.2 Å². The van der Waals surface area contributed by atoms with Gasteiger partial charge >= 0.3 is 0 Å². The largest absolute Gasteiger partial charge is 0.399 e. The molecule has 0 spiro atoms. The molecule has 3 rings (SSSR count). The molecule has 19 heavy (non-hydrogen) atoms. The molecule has 0 aliphatic carbocycles. The van der Waals surface area contributed by atoms with Crippen LogP contribution in [-0.2, 0) is 6.42 Å². The van der Waals surface area contributed by atoms with Crippen LogP contribution in [0.5, 0.6) is 0 Å². The third-order valence-electron chi connectivity index (χ3n) is 3.41. The lowest BCUT2D eigenvalue weighted by Gasteiger charge is -2.04. The molecule has 0 radical (unpaired) electrons.